The summed E-state index contributed by atoms with van der Waals surface area (Å²) < 4.78 is 14.3. The van der Waals surface area contributed by atoms with Crippen LogP contribution in [0.1, 0.15) is 16.8 Å². The van der Waals surface area contributed by atoms with Gasteiger partial charge in [0.25, 0.3) is 0 Å². The van der Waals surface area contributed by atoms with Gasteiger partial charge in [0.15, 0.2) is 0 Å². The van der Waals surface area contributed by atoms with Crippen molar-refractivity contribution < 1.29 is 9.18 Å². The van der Waals surface area contributed by atoms with Crippen LogP contribution in [0.5, 0.6) is 0 Å². The number of halogens is 2. The normalized spacial score (nSPS) is 11.0. The van der Waals surface area contributed by atoms with Crippen molar-refractivity contribution in [3.63, 3.8) is 0 Å². The molecule has 118 valence electrons. The fraction of sp³-hybridized carbons (Fsp3) is 0.167. The maximum Gasteiger partial charge on any atom is 0.228 e. The molecular weight excluding hydrogens is 359 g/mol. The van der Waals surface area contributed by atoms with Gasteiger partial charge in [-0.15, -0.1) is 0 Å². The van der Waals surface area contributed by atoms with Gasteiger partial charge in [-0.2, -0.15) is 0 Å². The Bertz CT molecular complexity index is 901. The number of hydrogen-bond donors (Lipinski definition) is 2. The molecule has 0 aliphatic rings. The molecule has 2 aromatic carbocycles. The Balaban J connectivity index is 1.85. The number of carbonyl (C=O) groups excluding carboxylic acids is 1. The first kappa shape index (κ1) is 15.7. The number of H-pyrrole nitrogens is 1. The van der Waals surface area contributed by atoms with Gasteiger partial charge in [-0.1, -0.05) is 6.07 Å². The van der Waals surface area contributed by atoms with Crippen LogP contribution < -0.4 is 5.32 Å². The lowest BCUT2D eigenvalue weighted by Crippen LogP contribution is -2.15. The minimum atomic E-state index is -0.306. The Kier molecular flexibility index (Phi) is 4.22. The molecule has 0 saturated carbocycles. The number of nitrogens with one attached hydrogen (secondary N) is 2. The number of amides is 1. The smallest absolute Gasteiger partial charge is 0.228 e. The maximum atomic E-state index is 13.5. The Morgan fingerprint density at radius 3 is 2.74 bits per heavy atom. The molecule has 1 heterocycles. The maximum absolute atomic E-state index is 13.5. The first-order valence-electron chi connectivity index (χ1n) is 7.27. The molecule has 0 unspecified atom stereocenters. The first-order valence-corrected chi connectivity index (χ1v) is 8.06. The third kappa shape index (κ3) is 3.29. The van der Waals surface area contributed by atoms with Crippen LogP contribution in [0.15, 0.2) is 40.9 Å². The molecule has 3 rings (SSSR count). The van der Waals surface area contributed by atoms with Crippen molar-refractivity contribution in [3.05, 3.63) is 63.5 Å². The number of aryl methyl sites for hydroxylation is 2. The van der Waals surface area contributed by atoms with E-state index in [9.17, 15) is 9.18 Å². The number of benzene rings is 2. The Morgan fingerprint density at radius 1 is 1.22 bits per heavy atom. The summed E-state index contributed by atoms with van der Waals surface area (Å²) in [6.07, 6.45) is 0.190. The van der Waals surface area contributed by atoms with E-state index >= 15 is 0 Å². The summed E-state index contributed by atoms with van der Waals surface area (Å²) in [4.78, 5) is 15.5. The van der Waals surface area contributed by atoms with Crippen molar-refractivity contribution in [2.45, 2.75) is 20.3 Å². The Labute approximate surface area is 142 Å². The molecule has 1 aromatic heterocycles. The molecule has 3 aromatic rings. The summed E-state index contributed by atoms with van der Waals surface area (Å²) in [5.74, 6) is -0.442. The van der Waals surface area contributed by atoms with E-state index in [1.807, 2.05) is 32.0 Å². The molecule has 23 heavy (non-hydrogen) atoms. The summed E-state index contributed by atoms with van der Waals surface area (Å²) in [6, 6.07) is 10.3. The number of hydrogen-bond acceptors (Lipinski definition) is 1. The van der Waals surface area contributed by atoms with Crippen LogP contribution in [0.2, 0.25) is 0 Å². The summed E-state index contributed by atoms with van der Waals surface area (Å²) in [5, 5.41) is 3.64. The van der Waals surface area contributed by atoms with Crippen molar-refractivity contribution in [1.82, 2.24) is 4.98 Å². The third-order valence-electron chi connectivity index (χ3n) is 3.82. The molecule has 0 atom stereocenters. The van der Waals surface area contributed by atoms with Crippen molar-refractivity contribution in [3.8, 4) is 0 Å². The Hall–Kier alpha value is -2.14. The highest BCUT2D eigenvalue weighted by atomic mass is 79.9. The summed E-state index contributed by atoms with van der Waals surface area (Å²) in [5.41, 5.74) is 4.37. The number of aromatic amines is 1. The summed E-state index contributed by atoms with van der Waals surface area (Å²) >= 11 is 3.45. The molecule has 0 aliphatic carbocycles. The van der Waals surface area contributed by atoms with E-state index in [1.54, 1.807) is 6.07 Å². The van der Waals surface area contributed by atoms with Gasteiger partial charge < -0.3 is 10.3 Å². The van der Waals surface area contributed by atoms with E-state index in [1.165, 1.54) is 12.1 Å². The number of fused-ring (bicyclic) bond motifs is 1. The minimum absolute atomic E-state index is 0.136. The van der Waals surface area contributed by atoms with E-state index in [-0.39, 0.29) is 18.1 Å². The van der Waals surface area contributed by atoms with Crippen molar-refractivity contribution in [2.75, 3.05) is 5.32 Å². The Morgan fingerprint density at radius 2 is 2.00 bits per heavy atom. The van der Waals surface area contributed by atoms with E-state index in [0.717, 1.165) is 37.9 Å². The fourth-order valence-electron chi connectivity index (χ4n) is 2.66. The highest BCUT2D eigenvalue weighted by Gasteiger charge is 2.14. The van der Waals surface area contributed by atoms with Crippen LogP contribution in [0.25, 0.3) is 10.9 Å². The molecule has 1 amide bonds. The zero-order chi connectivity index (χ0) is 16.6. The molecule has 5 heteroatoms. The molecule has 2 N–H and O–H groups in total. The van der Waals surface area contributed by atoms with Crippen LogP contribution in [-0.2, 0) is 11.2 Å². The molecule has 0 fully saturated rings. The van der Waals surface area contributed by atoms with E-state index < -0.39 is 0 Å². The SMILES string of the molecule is Cc1ccc(NC(=O)Cc2c(C)[nH]c3ccc(F)cc23)c(Br)c1. The fourth-order valence-corrected chi connectivity index (χ4v) is 3.25. The molecule has 0 spiro atoms. The lowest BCUT2D eigenvalue weighted by molar-refractivity contribution is -0.115. The minimum Gasteiger partial charge on any atom is -0.358 e. The monoisotopic (exact) mass is 374 g/mol. The van der Waals surface area contributed by atoms with Crippen LogP contribution in [-0.4, -0.2) is 10.9 Å². The van der Waals surface area contributed by atoms with Crippen LogP contribution in [0.4, 0.5) is 10.1 Å². The van der Waals surface area contributed by atoms with Gasteiger partial charge >= 0.3 is 0 Å². The molecule has 0 bridgehead atoms. The largest absolute Gasteiger partial charge is 0.358 e. The van der Waals surface area contributed by atoms with E-state index in [4.69, 9.17) is 0 Å². The molecule has 0 aliphatic heterocycles. The molecule has 0 radical (unpaired) electrons. The number of anilines is 1. The van der Waals surface area contributed by atoms with Gasteiger partial charge in [0, 0.05) is 21.1 Å². The number of carbonyl (C=O) groups is 1. The quantitative estimate of drug-likeness (QED) is 0.674. The van der Waals surface area contributed by atoms with Gasteiger partial charge in [0.2, 0.25) is 5.91 Å². The van der Waals surface area contributed by atoms with Gasteiger partial charge in [-0.25, -0.2) is 4.39 Å². The highest BCUT2D eigenvalue weighted by Crippen LogP contribution is 2.26. The molecule has 0 saturated heterocycles. The van der Waals surface area contributed by atoms with Crippen LogP contribution in [0, 0.1) is 19.7 Å². The van der Waals surface area contributed by atoms with E-state index in [0.29, 0.717) is 0 Å². The van der Waals surface area contributed by atoms with Crippen LogP contribution in [0.3, 0.4) is 0 Å². The zero-order valence-corrected chi connectivity index (χ0v) is 14.4. The van der Waals surface area contributed by atoms with E-state index in [2.05, 4.69) is 26.2 Å². The second-order valence-electron chi connectivity index (χ2n) is 5.63. The van der Waals surface area contributed by atoms with Gasteiger partial charge in [0.05, 0.1) is 12.1 Å². The topological polar surface area (TPSA) is 44.9 Å². The van der Waals surface area contributed by atoms with Crippen molar-refractivity contribution in [2.24, 2.45) is 0 Å². The molecular formula is C18H16BrFN2O. The lowest BCUT2D eigenvalue weighted by Gasteiger charge is -2.08. The van der Waals surface area contributed by atoms with Crippen LogP contribution >= 0.6 is 15.9 Å². The zero-order valence-electron chi connectivity index (χ0n) is 12.8. The number of rotatable bonds is 3. The first-order chi connectivity index (χ1) is 10.9. The lowest BCUT2D eigenvalue weighted by atomic mass is 10.1. The highest BCUT2D eigenvalue weighted by molar-refractivity contribution is 9.10. The van der Waals surface area contributed by atoms with Gasteiger partial charge in [0.1, 0.15) is 5.82 Å². The van der Waals surface area contributed by atoms with Gasteiger partial charge in [-0.3, -0.25) is 4.79 Å². The van der Waals surface area contributed by atoms with Gasteiger partial charge in [-0.05, 0) is 71.2 Å². The average Bonchev–Trinajstić information content (AvgIpc) is 2.78. The van der Waals surface area contributed by atoms with Crippen molar-refractivity contribution >= 4 is 38.4 Å². The third-order valence-corrected chi connectivity index (χ3v) is 4.47. The second-order valence-corrected chi connectivity index (χ2v) is 6.48. The average molecular weight is 375 g/mol. The van der Waals surface area contributed by atoms with Crippen molar-refractivity contribution in [1.29, 1.82) is 0 Å². The summed E-state index contributed by atoms with van der Waals surface area (Å²) in [6.45, 7) is 3.88. The summed E-state index contributed by atoms with van der Waals surface area (Å²) in [7, 11) is 0. The second kappa shape index (κ2) is 6.16. The predicted octanol–water partition coefficient (Wildman–Crippen LogP) is 4.87. The number of aromatic nitrogens is 1. The standard InChI is InChI=1S/C18H16BrFN2O/c1-10-3-5-17(15(19)7-10)22-18(23)9-13-11(2)21-16-6-4-12(20)8-14(13)16/h3-8,21H,9H2,1-2H3,(H,22,23). The molecule has 3 nitrogen and oxygen atoms in total. The predicted molar refractivity (Wildman–Crippen MR) is 94.2 cm³/mol.